The predicted octanol–water partition coefficient (Wildman–Crippen LogP) is 3.53. The summed E-state index contributed by atoms with van der Waals surface area (Å²) in [4.78, 5) is 3.35. The molecular weight excluding hydrogens is 285 g/mol. The van der Waals surface area contributed by atoms with Gasteiger partial charge in [0.05, 0.1) is 6.61 Å². The van der Waals surface area contributed by atoms with Gasteiger partial charge in [0.2, 0.25) is 6.54 Å². The molecule has 0 saturated carbocycles. The molecule has 1 N–H and O–H groups in total. The molecule has 0 aromatic heterocycles. The van der Waals surface area contributed by atoms with Crippen molar-refractivity contribution in [2.75, 3.05) is 33.4 Å². The molecule has 124 valence electrons. The monoisotopic (exact) mass is 317 g/mol. The van der Waals surface area contributed by atoms with Gasteiger partial charge < -0.3 is 19.2 Å². The average Bonchev–Trinajstić information content (AvgIpc) is 2.42. The molecule has 2 atom stereocenters. The molecule has 5 nitrogen and oxygen atoms in total. The zero-order valence-electron chi connectivity index (χ0n) is 14.4. The molecule has 0 aliphatic heterocycles. The highest BCUT2D eigenvalue weighted by Gasteiger charge is 2.28. The van der Waals surface area contributed by atoms with Gasteiger partial charge in [-0.3, -0.25) is 0 Å². The Morgan fingerprint density at radius 3 is 2.24 bits per heavy atom. The normalized spacial score (nSPS) is 14.7. The van der Waals surface area contributed by atoms with E-state index in [0.717, 1.165) is 13.0 Å². The minimum absolute atomic E-state index is 0.355. The number of hydrogen-bond donors (Lipinski definition) is 1. The molecule has 0 heterocycles. The highest BCUT2D eigenvalue weighted by atomic mass is 31.2. The third-order valence-corrected chi connectivity index (χ3v) is 5.22. The van der Waals surface area contributed by atoms with Gasteiger partial charge in [0.15, 0.2) is 0 Å². The summed E-state index contributed by atoms with van der Waals surface area (Å²) in [5.74, 6) is 0.491. The maximum atomic E-state index is 6.87. The van der Waals surface area contributed by atoms with Gasteiger partial charge in [0.25, 0.3) is 8.53 Å². The van der Waals surface area contributed by atoms with Crippen LogP contribution in [0.5, 0.6) is 0 Å². The van der Waals surface area contributed by atoms with Crippen LogP contribution in [-0.4, -0.2) is 50.1 Å². The number of rotatable bonds is 12. The van der Waals surface area contributed by atoms with E-state index in [1.54, 1.807) is 0 Å². The Labute approximate surface area is 132 Å². The van der Waals surface area contributed by atoms with Crippen molar-refractivity contribution in [1.29, 1.82) is 0 Å². The zero-order valence-corrected chi connectivity index (χ0v) is 15.3. The molecule has 0 fully saturated rings. The first-order valence-corrected chi connectivity index (χ1v) is 8.92. The lowest BCUT2D eigenvalue weighted by atomic mass is 10.1. The second-order valence-electron chi connectivity index (χ2n) is 5.65. The first-order chi connectivity index (χ1) is 9.97. The van der Waals surface area contributed by atoms with Gasteiger partial charge in [-0.05, 0) is 53.6 Å². The Morgan fingerprint density at radius 1 is 1.19 bits per heavy atom. The molecule has 0 radical (unpaired) electrons. The third-order valence-electron chi connectivity index (χ3n) is 3.14. The molecule has 0 amide bonds. The Bertz CT molecular complexity index is 287. The van der Waals surface area contributed by atoms with E-state index in [9.17, 15) is 0 Å². The second-order valence-corrected chi connectivity index (χ2v) is 7.10. The summed E-state index contributed by atoms with van der Waals surface area (Å²) >= 11 is 0. The molecule has 6 heteroatoms. The van der Waals surface area contributed by atoms with Crippen LogP contribution >= 0.6 is 8.53 Å². The van der Waals surface area contributed by atoms with Crippen LogP contribution < -0.4 is 5.32 Å². The summed E-state index contributed by atoms with van der Waals surface area (Å²) in [5, 5.41) is 3.20. The van der Waals surface area contributed by atoms with Crippen molar-refractivity contribution in [1.82, 2.24) is 9.99 Å². The molecule has 0 aliphatic rings. The molecule has 0 spiro atoms. The number of nitrogens with one attached hydrogen (secondary N) is 1. The quantitative estimate of drug-likeness (QED) is 0.339. The molecule has 0 aliphatic carbocycles. The van der Waals surface area contributed by atoms with Gasteiger partial charge in [-0.25, -0.2) is 11.2 Å². The molecular formula is C15H32N3O2P. The van der Waals surface area contributed by atoms with Crippen molar-refractivity contribution in [3.05, 3.63) is 11.4 Å². The highest BCUT2D eigenvalue weighted by Crippen LogP contribution is 2.46. The summed E-state index contributed by atoms with van der Waals surface area (Å²) < 4.78 is 14.2. The van der Waals surface area contributed by atoms with E-state index in [1.165, 1.54) is 0 Å². The lowest BCUT2D eigenvalue weighted by Gasteiger charge is -2.36. The van der Waals surface area contributed by atoms with Crippen LogP contribution in [0.25, 0.3) is 4.85 Å². The lowest BCUT2D eigenvalue weighted by molar-refractivity contribution is 0.158. The van der Waals surface area contributed by atoms with Gasteiger partial charge in [0, 0.05) is 12.1 Å². The largest absolute Gasteiger partial charge is 0.322 e. The van der Waals surface area contributed by atoms with Crippen molar-refractivity contribution in [2.45, 2.75) is 53.1 Å². The fourth-order valence-corrected chi connectivity index (χ4v) is 3.76. The van der Waals surface area contributed by atoms with Crippen LogP contribution in [0.15, 0.2) is 0 Å². The van der Waals surface area contributed by atoms with E-state index in [-0.39, 0.29) is 0 Å². The van der Waals surface area contributed by atoms with Crippen molar-refractivity contribution in [3.8, 4) is 0 Å². The van der Waals surface area contributed by atoms with Gasteiger partial charge >= 0.3 is 0 Å². The first-order valence-electron chi connectivity index (χ1n) is 7.79. The Hall–Kier alpha value is -0.240. The van der Waals surface area contributed by atoms with Crippen LogP contribution in [-0.2, 0) is 9.05 Å². The fourth-order valence-electron chi connectivity index (χ4n) is 2.09. The molecule has 2 unspecified atom stereocenters. The van der Waals surface area contributed by atoms with E-state index >= 15 is 0 Å². The van der Waals surface area contributed by atoms with Gasteiger partial charge in [-0.1, -0.05) is 6.92 Å². The summed E-state index contributed by atoms with van der Waals surface area (Å²) in [6, 6.07) is 0.710. The molecule has 21 heavy (non-hydrogen) atoms. The number of nitrogens with zero attached hydrogens (tertiary/aromatic N) is 2. The van der Waals surface area contributed by atoms with Gasteiger partial charge in [0.1, 0.15) is 6.61 Å². The van der Waals surface area contributed by atoms with E-state index in [1.807, 2.05) is 7.05 Å². The van der Waals surface area contributed by atoms with Crippen molar-refractivity contribution < 1.29 is 9.05 Å². The van der Waals surface area contributed by atoms with E-state index in [2.05, 4.69) is 49.5 Å². The van der Waals surface area contributed by atoms with Crippen molar-refractivity contribution >= 4 is 8.53 Å². The zero-order chi connectivity index (χ0) is 16.3. The maximum Gasteiger partial charge on any atom is 0.259 e. The smallest absolute Gasteiger partial charge is 0.259 e. The Kier molecular flexibility index (Phi) is 12.2. The van der Waals surface area contributed by atoms with Crippen LogP contribution in [0.2, 0.25) is 0 Å². The molecule has 0 aromatic carbocycles. The van der Waals surface area contributed by atoms with Gasteiger partial charge in [-0.2, -0.15) is 0 Å². The van der Waals surface area contributed by atoms with Crippen molar-refractivity contribution in [3.63, 3.8) is 0 Å². The minimum Gasteiger partial charge on any atom is -0.322 e. The van der Waals surface area contributed by atoms with Crippen LogP contribution in [0, 0.1) is 12.5 Å². The fraction of sp³-hybridized carbons (Fsp3) is 0.933. The van der Waals surface area contributed by atoms with Crippen LogP contribution in [0.3, 0.4) is 0 Å². The lowest BCUT2D eigenvalue weighted by Crippen LogP contribution is -2.34. The summed E-state index contributed by atoms with van der Waals surface area (Å²) in [5.41, 5.74) is 0. The molecule has 0 saturated heterocycles. The van der Waals surface area contributed by atoms with E-state index in [4.69, 9.17) is 15.6 Å². The summed E-state index contributed by atoms with van der Waals surface area (Å²) in [6.07, 6.45) is 1.08. The standard InChI is InChI=1S/C15H32N3O2P/c1-8-15(11-17-7)12-20-21(19-10-9-16-6)18(13(2)3)14(4)5/h13-15,17H,8-12H2,1-5,7H3. The Balaban J connectivity index is 4.66. The summed E-state index contributed by atoms with van der Waals surface area (Å²) in [7, 11) is 0.863. The maximum absolute atomic E-state index is 6.87. The first kappa shape index (κ1) is 20.8. The van der Waals surface area contributed by atoms with Crippen molar-refractivity contribution in [2.24, 2.45) is 5.92 Å². The second kappa shape index (κ2) is 12.3. The predicted molar refractivity (Wildman–Crippen MR) is 90.1 cm³/mol. The molecule has 0 rings (SSSR count). The summed E-state index contributed by atoms with van der Waals surface area (Å²) in [6.45, 7) is 20.1. The molecule has 0 bridgehead atoms. The molecule has 0 aromatic rings. The number of hydrogen-bond acceptors (Lipinski definition) is 4. The highest BCUT2D eigenvalue weighted by molar-refractivity contribution is 7.44. The Morgan fingerprint density at radius 2 is 1.81 bits per heavy atom. The van der Waals surface area contributed by atoms with E-state index in [0.29, 0.717) is 37.8 Å². The average molecular weight is 317 g/mol. The SMILES string of the molecule is [C-]#[N+]CCOP(OCC(CC)CNC)N(C(C)C)C(C)C. The van der Waals surface area contributed by atoms with E-state index < -0.39 is 8.53 Å². The van der Waals surface area contributed by atoms with Crippen LogP contribution in [0.1, 0.15) is 41.0 Å². The minimum atomic E-state index is -1.10. The third kappa shape index (κ3) is 8.70. The van der Waals surface area contributed by atoms with Crippen LogP contribution in [0.4, 0.5) is 0 Å². The van der Waals surface area contributed by atoms with Gasteiger partial charge in [-0.15, -0.1) is 0 Å². The topological polar surface area (TPSA) is 38.1 Å².